The molecule has 3 N–H and O–H groups in total. The molecular formula is C22H29FN4O. The van der Waals surface area contributed by atoms with Crippen LogP contribution in [0.5, 0.6) is 0 Å². The average molecular weight is 384 g/mol. The molecule has 1 fully saturated rings. The second kappa shape index (κ2) is 6.90. The number of carbonyl (C=O) groups excluding carboxylic acids is 1. The van der Waals surface area contributed by atoms with Crippen molar-refractivity contribution in [1.82, 2.24) is 9.78 Å². The van der Waals surface area contributed by atoms with Crippen molar-refractivity contribution in [2.45, 2.75) is 71.8 Å². The number of nitrogens with zero attached hydrogens (tertiary/aromatic N) is 2. The molecule has 0 saturated heterocycles. The van der Waals surface area contributed by atoms with Gasteiger partial charge in [0, 0.05) is 17.8 Å². The van der Waals surface area contributed by atoms with Gasteiger partial charge in [0.1, 0.15) is 5.82 Å². The molecule has 2 aliphatic carbocycles. The fourth-order valence-electron chi connectivity index (χ4n) is 4.70. The molecule has 1 heterocycles. The Kier molecular flexibility index (Phi) is 4.68. The number of nitrogens with two attached hydrogens (primary N) is 1. The van der Waals surface area contributed by atoms with E-state index < -0.39 is 11.7 Å². The molecule has 150 valence electrons. The number of halogens is 1. The zero-order chi connectivity index (χ0) is 20.1. The van der Waals surface area contributed by atoms with Crippen LogP contribution in [0.15, 0.2) is 12.1 Å². The summed E-state index contributed by atoms with van der Waals surface area (Å²) in [4.78, 5) is 11.9. The molecule has 1 aromatic carbocycles. The van der Waals surface area contributed by atoms with Gasteiger partial charge >= 0.3 is 0 Å². The largest absolute Gasteiger partial charge is 0.382 e. The predicted molar refractivity (Wildman–Crippen MR) is 108 cm³/mol. The lowest BCUT2D eigenvalue weighted by atomic mass is 9.76. The first-order valence-electron chi connectivity index (χ1n) is 10.2. The number of aryl methyl sites for hydroxylation is 1. The third-order valence-electron chi connectivity index (χ3n) is 6.27. The molecule has 0 atom stereocenters. The second-order valence-corrected chi connectivity index (χ2v) is 9.10. The third kappa shape index (κ3) is 3.40. The summed E-state index contributed by atoms with van der Waals surface area (Å²) in [5.74, 6) is -1.34. The Labute approximate surface area is 165 Å². The maximum atomic E-state index is 14.9. The standard InChI is InChI=1S/C22H29FN4O/c1-13-16-8-9-22(2,3)12-19(16)27(26-13)15-10-17(23)20(21(24)28)18(11-15)25-14-6-4-5-7-14/h10-11,14,25H,4-9,12H2,1-3H3,(H2,24,28). The molecule has 0 aliphatic heterocycles. The number of anilines is 1. The summed E-state index contributed by atoms with van der Waals surface area (Å²) in [6, 6.07) is 3.46. The van der Waals surface area contributed by atoms with E-state index in [-0.39, 0.29) is 17.0 Å². The zero-order valence-corrected chi connectivity index (χ0v) is 16.9. The fourth-order valence-corrected chi connectivity index (χ4v) is 4.70. The summed E-state index contributed by atoms with van der Waals surface area (Å²) in [5.41, 5.74) is 10.1. The normalized spacial score (nSPS) is 18.9. The van der Waals surface area contributed by atoms with Crippen LogP contribution in [-0.4, -0.2) is 21.7 Å². The van der Waals surface area contributed by atoms with E-state index in [9.17, 15) is 9.18 Å². The van der Waals surface area contributed by atoms with Gasteiger partial charge in [-0.3, -0.25) is 4.79 Å². The van der Waals surface area contributed by atoms with Crippen molar-refractivity contribution in [3.05, 3.63) is 40.5 Å². The molecule has 0 spiro atoms. The highest BCUT2D eigenvalue weighted by atomic mass is 19.1. The van der Waals surface area contributed by atoms with Gasteiger partial charge in [0.2, 0.25) is 0 Å². The van der Waals surface area contributed by atoms with Crippen LogP contribution in [0.1, 0.15) is 73.3 Å². The van der Waals surface area contributed by atoms with E-state index in [1.165, 1.54) is 11.6 Å². The highest BCUT2D eigenvalue weighted by molar-refractivity contribution is 5.99. The summed E-state index contributed by atoms with van der Waals surface area (Å²) in [5, 5.41) is 8.09. The first kappa shape index (κ1) is 19.0. The monoisotopic (exact) mass is 384 g/mol. The highest BCUT2D eigenvalue weighted by Crippen LogP contribution is 2.37. The molecule has 2 aliphatic rings. The van der Waals surface area contributed by atoms with Gasteiger partial charge in [-0.15, -0.1) is 0 Å². The van der Waals surface area contributed by atoms with Gasteiger partial charge in [-0.25, -0.2) is 9.07 Å². The van der Waals surface area contributed by atoms with Gasteiger partial charge in [0.25, 0.3) is 5.91 Å². The Bertz CT molecular complexity index is 925. The van der Waals surface area contributed by atoms with Gasteiger partial charge in [-0.2, -0.15) is 5.10 Å². The van der Waals surface area contributed by atoms with Crippen LogP contribution in [0.3, 0.4) is 0 Å². The van der Waals surface area contributed by atoms with Gasteiger partial charge in [0.05, 0.1) is 22.6 Å². The number of rotatable bonds is 4. The number of carbonyl (C=O) groups is 1. The minimum atomic E-state index is -0.746. The van der Waals surface area contributed by atoms with E-state index >= 15 is 0 Å². The second-order valence-electron chi connectivity index (χ2n) is 9.10. The maximum absolute atomic E-state index is 14.9. The van der Waals surface area contributed by atoms with Crippen molar-refractivity contribution in [2.75, 3.05) is 5.32 Å². The number of aromatic nitrogens is 2. The van der Waals surface area contributed by atoms with Gasteiger partial charge < -0.3 is 11.1 Å². The van der Waals surface area contributed by atoms with E-state index in [1.54, 1.807) is 0 Å². The Balaban J connectivity index is 1.81. The maximum Gasteiger partial charge on any atom is 0.253 e. The zero-order valence-electron chi connectivity index (χ0n) is 16.9. The van der Waals surface area contributed by atoms with E-state index in [1.807, 2.05) is 17.7 Å². The Morgan fingerprint density at radius 3 is 2.71 bits per heavy atom. The van der Waals surface area contributed by atoms with Gasteiger partial charge in [-0.05, 0) is 56.1 Å². The first-order chi connectivity index (χ1) is 13.2. The summed E-state index contributed by atoms with van der Waals surface area (Å²) in [7, 11) is 0. The molecule has 5 nitrogen and oxygen atoms in total. The summed E-state index contributed by atoms with van der Waals surface area (Å²) in [6.07, 6.45) is 7.34. The molecule has 28 heavy (non-hydrogen) atoms. The third-order valence-corrected chi connectivity index (χ3v) is 6.27. The fraction of sp³-hybridized carbons (Fsp3) is 0.545. The molecule has 6 heteroatoms. The number of hydrogen-bond acceptors (Lipinski definition) is 3. The Hall–Kier alpha value is -2.37. The lowest BCUT2D eigenvalue weighted by Crippen LogP contribution is -2.24. The molecule has 0 unspecified atom stereocenters. The van der Waals surface area contributed by atoms with Crippen molar-refractivity contribution in [2.24, 2.45) is 11.1 Å². The summed E-state index contributed by atoms with van der Waals surface area (Å²) < 4.78 is 16.8. The predicted octanol–water partition coefficient (Wildman–Crippen LogP) is 4.29. The van der Waals surface area contributed by atoms with Crippen molar-refractivity contribution in [3.63, 3.8) is 0 Å². The quantitative estimate of drug-likeness (QED) is 0.826. The van der Waals surface area contributed by atoms with Crippen molar-refractivity contribution in [1.29, 1.82) is 0 Å². The lowest BCUT2D eigenvalue weighted by Gasteiger charge is -2.30. The van der Waals surface area contributed by atoms with Crippen LogP contribution < -0.4 is 11.1 Å². The molecule has 1 amide bonds. The average Bonchev–Trinajstić information content (AvgIpc) is 3.21. The SMILES string of the molecule is Cc1nn(-c2cc(F)c(C(N)=O)c(NC3CCCC3)c2)c2c1CCC(C)(C)C2. The van der Waals surface area contributed by atoms with Gasteiger partial charge in [-0.1, -0.05) is 26.7 Å². The topological polar surface area (TPSA) is 72.9 Å². The van der Waals surface area contributed by atoms with E-state index in [0.717, 1.165) is 56.3 Å². The number of hydrogen-bond donors (Lipinski definition) is 2. The van der Waals surface area contributed by atoms with Crippen molar-refractivity contribution in [3.8, 4) is 5.69 Å². The molecule has 2 aromatic rings. The molecular weight excluding hydrogens is 355 g/mol. The van der Waals surface area contributed by atoms with Gasteiger partial charge in [0.15, 0.2) is 0 Å². The van der Waals surface area contributed by atoms with Crippen LogP contribution in [0.2, 0.25) is 0 Å². The smallest absolute Gasteiger partial charge is 0.253 e. The van der Waals surface area contributed by atoms with Crippen molar-refractivity contribution >= 4 is 11.6 Å². The minimum absolute atomic E-state index is 0.0614. The summed E-state index contributed by atoms with van der Waals surface area (Å²) >= 11 is 0. The first-order valence-corrected chi connectivity index (χ1v) is 10.2. The number of nitrogens with one attached hydrogen (secondary N) is 1. The number of primary amides is 1. The molecule has 4 rings (SSSR count). The number of amides is 1. The molecule has 0 radical (unpaired) electrons. The van der Waals surface area contributed by atoms with Crippen molar-refractivity contribution < 1.29 is 9.18 Å². The minimum Gasteiger partial charge on any atom is -0.382 e. The Morgan fingerprint density at radius 1 is 1.32 bits per heavy atom. The lowest BCUT2D eigenvalue weighted by molar-refractivity contribution is 0.0997. The molecule has 1 saturated carbocycles. The number of fused-ring (bicyclic) bond motifs is 1. The molecule has 0 bridgehead atoms. The molecule has 1 aromatic heterocycles. The van der Waals surface area contributed by atoms with E-state index in [0.29, 0.717) is 11.4 Å². The van der Waals surface area contributed by atoms with Crippen LogP contribution in [0.25, 0.3) is 5.69 Å². The van der Waals surface area contributed by atoms with Crippen LogP contribution in [0, 0.1) is 18.2 Å². The Morgan fingerprint density at radius 2 is 2.04 bits per heavy atom. The van der Waals surface area contributed by atoms with Crippen LogP contribution in [0.4, 0.5) is 10.1 Å². The summed E-state index contributed by atoms with van der Waals surface area (Å²) in [6.45, 7) is 6.53. The van der Waals surface area contributed by atoms with Crippen LogP contribution >= 0.6 is 0 Å². The van der Waals surface area contributed by atoms with E-state index in [2.05, 4.69) is 19.2 Å². The van der Waals surface area contributed by atoms with E-state index in [4.69, 9.17) is 10.8 Å². The highest BCUT2D eigenvalue weighted by Gasteiger charge is 2.31. The number of benzene rings is 1. The van der Waals surface area contributed by atoms with Crippen LogP contribution in [-0.2, 0) is 12.8 Å².